The predicted octanol–water partition coefficient (Wildman–Crippen LogP) is 0.985. The minimum atomic E-state index is -1.09. The lowest BCUT2D eigenvalue weighted by atomic mass is 10.0. The maximum absolute atomic E-state index is 12.8. The molecular formula is C20H27N5O3. The van der Waals surface area contributed by atoms with Gasteiger partial charge in [0, 0.05) is 38.9 Å². The highest BCUT2D eigenvalue weighted by Gasteiger charge is 2.40. The monoisotopic (exact) mass is 385 g/mol. The Morgan fingerprint density at radius 1 is 1.14 bits per heavy atom. The lowest BCUT2D eigenvalue weighted by Crippen LogP contribution is -2.58. The van der Waals surface area contributed by atoms with Gasteiger partial charge in [0.1, 0.15) is 0 Å². The molecule has 0 bridgehead atoms. The number of carbonyl (C=O) groups excluding carboxylic acids is 3. The Morgan fingerprint density at radius 3 is 2.46 bits per heavy atom. The molecule has 1 atom stereocenters. The quantitative estimate of drug-likeness (QED) is 0.562. The van der Waals surface area contributed by atoms with Gasteiger partial charge in [0.05, 0.1) is 12.2 Å². The van der Waals surface area contributed by atoms with E-state index in [1.165, 1.54) is 6.21 Å². The number of barbiturate groups is 1. The number of carbonyl (C=O) groups is 3. The van der Waals surface area contributed by atoms with Crippen molar-refractivity contribution in [3.8, 4) is 0 Å². The molecule has 3 rings (SSSR count). The van der Waals surface area contributed by atoms with Crippen molar-refractivity contribution in [2.75, 3.05) is 44.2 Å². The normalized spacial score (nSPS) is 21.6. The molecule has 28 heavy (non-hydrogen) atoms. The number of nitrogens with one attached hydrogen (secondary N) is 2. The number of amides is 4. The molecule has 4 amide bonds. The van der Waals surface area contributed by atoms with E-state index < -0.39 is 23.8 Å². The van der Waals surface area contributed by atoms with Crippen LogP contribution in [-0.2, 0) is 9.59 Å². The van der Waals surface area contributed by atoms with Crippen LogP contribution in [-0.4, -0.2) is 68.2 Å². The summed E-state index contributed by atoms with van der Waals surface area (Å²) in [6.07, 6.45) is 1.36. The van der Waals surface area contributed by atoms with Crippen LogP contribution >= 0.6 is 0 Å². The molecule has 0 aliphatic carbocycles. The topological polar surface area (TPSA) is 94.1 Å². The summed E-state index contributed by atoms with van der Waals surface area (Å²) in [4.78, 5) is 44.7. The number of benzene rings is 1. The van der Waals surface area contributed by atoms with E-state index >= 15 is 0 Å². The first-order valence-corrected chi connectivity index (χ1v) is 9.69. The molecular weight excluding hydrogens is 358 g/mol. The summed E-state index contributed by atoms with van der Waals surface area (Å²) in [5, 5.41) is 5.54. The van der Waals surface area contributed by atoms with Gasteiger partial charge < -0.3 is 5.32 Å². The van der Waals surface area contributed by atoms with E-state index in [4.69, 9.17) is 0 Å². The number of urea groups is 1. The molecule has 2 saturated heterocycles. The zero-order chi connectivity index (χ0) is 20.1. The van der Waals surface area contributed by atoms with Crippen molar-refractivity contribution in [1.29, 1.82) is 0 Å². The molecule has 2 N–H and O–H groups in total. The van der Waals surface area contributed by atoms with Crippen LogP contribution < -0.4 is 15.5 Å². The molecule has 2 fully saturated rings. The lowest BCUT2D eigenvalue weighted by molar-refractivity contribution is -0.131. The van der Waals surface area contributed by atoms with Crippen molar-refractivity contribution in [2.45, 2.75) is 19.8 Å². The molecule has 1 aromatic rings. The summed E-state index contributed by atoms with van der Waals surface area (Å²) in [5.74, 6) is -1.95. The van der Waals surface area contributed by atoms with Crippen LogP contribution in [0.15, 0.2) is 29.3 Å². The van der Waals surface area contributed by atoms with Gasteiger partial charge in [-0.3, -0.25) is 24.8 Å². The Bertz CT molecular complexity index is 754. The van der Waals surface area contributed by atoms with Crippen molar-refractivity contribution in [3.63, 3.8) is 0 Å². The average Bonchev–Trinajstić information content (AvgIpc) is 2.68. The van der Waals surface area contributed by atoms with Crippen LogP contribution in [0.3, 0.4) is 0 Å². The molecule has 2 aliphatic rings. The maximum Gasteiger partial charge on any atom is 0.335 e. The molecule has 2 heterocycles. The fraction of sp³-hybridized carbons (Fsp3) is 0.500. The lowest BCUT2D eigenvalue weighted by Gasteiger charge is -2.29. The van der Waals surface area contributed by atoms with Crippen molar-refractivity contribution < 1.29 is 14.4 Å². The Kier molecular flexibility index (Phi) is 6.53. The highest BCUT2D eigenvalue weighted by Crippen LogP contribution is 2.23. The fourth-order valence-corrected chi connectivity index (χ4v) is 3.29. The second-order valence-corrected chi connectivity index (χ2v) is 7.34. The van der Waals surface area contributed by atoms with Crippen LogP contribution in [0.1, 0.15) is 25.3 Å². The Hall–Kier alpha value is -2.58. The zero-order valence-corrected chi connectivity index (χ0v) is 16.4. The third kappa shape index (κ3) is 4.63. The number of hydrogen-bond donors (Lipinski definition) is 2. The second kappa shape index (κ2) is 9.07. The molecule has 0 saturated carbocycles. The zero-order valence-electron chi connectivity index (χ0n) is 16.4. The van der Waals surface area contributed by atoms with Crippen LogP contribution in [0.4, 0.5) is 10.5 Å². The maximum atomic E-state index is 12.8. The highest BCUT2D eigenvalue weighted by atomic mass is 16.2. The molecule has 0 radical (unpaired) electrons. The first kappa shape index (κ1) is 20.2. The van der Waals surface area contributed by atoms with Gasteiger partial charge in [-0.1, -0.05) is 26.0 Å². The van der Waals surface area contributed by atoms with Crippen LogP contribution in [0.25, 0.3) is 0 Å². The van der Waals surface area contributed by atoms with Crippen molar-refractivity contribution >= 4 is 29.7 Å². The summed E-state index contributed by atoms with van der Waals surface area (Å²) >= 11 is 0. The third-order valence-corrected chi connectivity index (χ3v) is 5.03. The Labute approximate surface area is 165 Å². The summed E-state index contributed by atoms with van der Waals surface area (Å²) in [7, 11) is 0. The van der Waals surface area contributed by atoms with Crippen molar-refractivity contribution in [2.24, 2.45) is 10.9 Å². The number of nitrogens with zero attached hydrogens (tertiary/aromatic N) is 3. The SMILES string of the molecule is CC(C)c1ccc(N2C(=O)NC(=O)[C@@H](C=NCCN3CCNCC3)C2=O)cc1. The van der Waals surface area contributed by atoms with Gasteiger partial charge in [-0.2, -0.15) is 0 Å². The van der Waals surface area contributed by atoms with Gasteiger partial charge >= 0.3 is 6.03 Å². The minimum Gasteiger partial charge on any atom is -0.314 e. The van der Waals surface area contributed by atoms with Gasteiger partial charge in [-0.05, 0) is 23.6 Å². The Morgan fingerprint density at radius 2 is 1.82 bits per heavy atom. The van der Waals surface area contributed by atoms with E-state index in [2.05, 4.69) is 34.4 Å². The van der Waals surface area contributed by atoms with E-state index in [0.29, 0.717) is 18.2 Å². The molecule has 8 heteroatoms. The summed E-state index contributed by atoms with van der Waals surface area (Å²) in [5.41, 5.74) is 1.55. The molecule has 0 spiro atoms. The van der Waals surface area contributed by atoms with Gasteiger partial charge in [0.2, 0.25) is 5.91 Å². The van der Waals surface area contributed by atoms with E-state index in [9.17, 15) is 14.4 Å². The number of aliphatic imine (C=N–C) groups is 1. The summed E-state index contributed by atoms with van der Waals surface area (Å²) in [6, 6.07) is 6.49. The average molecular weight is 385 g/mol. The Balaban J connectivity index is 1.66. The van der Waals surface area contributed by atoms with E-state index in [-0.39, 0.29) is 0 Å². The highest BCUT2D eigenvalue weighted by molar-refractivity contribution is 6.32. The van der Waals surface area contributed by atoms with Gasteiger partial charge in [-0.25, -0.2) is 9.69 Å². The largest absolute Gasteiger partial charge is 0.335 e. The van der Waals surface area contributed by atoms with Gasteiger partial charge in [-0.15, -0.1) is 0 Å². The third-order valence-electron chi connectivity index (χ3n) is 5.03. The van der Waals surface area contributed by atoms with E-state index in [0.717, 1.165) is 43.2 Å². The number of anilines is 1. The molecule has 8 nitrogen and oxygen atoms in total. The minimum absolute atomic E-state index is 0.345. The molecule has 0 unspecified atom stereocenters. The first-order chi connectivity index (χ1) is 13.5. The van der Waals surface area contributed by atoms with E-state index in [1.807, 2.05) is 12.1 Å². The smallest absolute Gasteiger partial charge is 0.314 e. The van der Waals surface area contributed by atoms with Crippen LogP contribution in [0, 0.1) is 5.92 Å². The second-order valence-electron chi connectivity index (χ2n) is 7.34. The summed E-state index contributed by atoms with van der Waals surface area (Å²) in [6.45, 7) is 9.27. The number of imide groups is 2. The number of piperazine rings is 1. The molecule has 2 aliphatic heterocycles. The molecule has 1 aromatic carbocycles. The van der Waals surface area contributed by atoms with Gasteiger partial charge in [0.25, 0.3) is 5.91 Å². The number of rotatable bonds is 6. The molecule has 0 aromatic heterocycles. The molecule has 150 valence electrons. The van der Waals surface area contributed by atoms with Crippen molar-refractivity contribution in [1.82, 2.24) is 15.5 Å². The summed E-state index contributed by atoms with van der Waals surface area (Å²) < 4.78 is 0. The standard InChI is InChI=1S/C20H27N5O3/c1-14(2)15-3-5-16(6-4-15)25-19(27)17(18(26)23-20(25)28)13-22-9-12-24-10-7-21-8-11-24/h3-6,13-14,17,21H,7-12H2,1-2H3,(H,23,26,28)/t17-/m1/s1. The van der Waals surface area contributed by atoms with Gasteiger partial charge in [0.15, 0.2) is 5.92 Å². The van der Waals surface area contributed by atoms with E-state index in [1.54, 1.807) is 12.1 Å². The van der Waals surface area contributed by atoms with Crippen molar-refractivity contribution in [3.05, 3.63) is 29.8 Å². The fourth-order valence-electron chi connectivity index (χ4n) is 3.29. The van der Waals surface area contributed by atoms with Crippen LogP contribution in [0.2, 0.25) is 0 Å². The first-order valence-electron chi connectivity index (χ1n) is 9.69. The predicted molar refractivity (Wildman–Crippen MR) is 108 cm³/mol. The number of hydrogen-bond acceptors (Lipinski definition) is 6. The van der Waals surface area contributed by atoms with Crippen LogP contribution in [0.5, 0.6) is 0 Å².